The van der Waals surface area contributed by atoms with Gasteiger partial charge < -0.3 is 0 Å². The zero-order chi connectivity index (χ0) is 21.6. The molecule has 0 atom stereocenters. The van der Waals surface area contributed by atoms with Gasteiger partial charge in [-0.3, -0.25) is 10.1 Å². The van der Waals surface area contributed by atoms with Crippen LogP contribution in [0.3, 0.4) is 0 Å². The summed E-state index contributed by atoms with van der Waals surface area (Å²) in [5.74, 6) is 0.259. The highest BCUT2D eigenvalue weighted by Crippen LogP contribution is 2.40. The predicted molar refractivity (Wildman–Crippen MR) is 122 cm³/mol. The Hall–Kier alpha value is -2.55. The lowest BCUT2D eigenvalue weighted by molar-refractivity contribution is 0.102. The molecule has 5 rings (SSSR count). The van der Waals surface area contributed by atoms with E-state index in [1.165, 1.54) is 33.3 Å². The van der Waals surface area contributed by atoms with Crippen molar-refractivity contribution in [2.45, 2.75) is 31.1 Å². The van der Waals surface area contributed by atoms with Crippen LogP contribution in [0, 0.1) is 5.92 Å². The van der Waals surface area contributed by atoms with Gasteiger partial charge in [-0.1, -0.05) is 31.2 Å². The Morgan fingerprint density at radius 1 is 1.10 bits per heavy atom. The Bertz CT molecular complexity index is 1240. The van der Waals surface area contributed by atoms with Crippen molar-refractivity contribution in [3.8, 4) is 11.3 Å². The molecule has 2 heterocycles. The molecule has 0 spiro atoms. The van der Waals surface area contributed by atoms with E-state index in [1.54, 1.807) is 12.1 Å². The summed E-state index contributed by atoms with van der Waals surface area (Å²) >= 11 is 1.48. The van der Waals surface area contributed by atoms with Crippen LogP contribution in [0.2, 0.25) is 0 Å². The number of fused-ring (bicyclic) bond motifs is 3. The first-order valence-corrected chi connectivity index (χ1v) is 12.7. The number of sulfonamides is 1. The summed E-state index contributed by atoms with van der Waals surface area (Å²) < 4.78 is 27.3. The molecule has 8 heteroatoms. The van der Waals surface area contributed by atoms with Crippen molar-refractivity contribution in [1.29, 1.82) is 0 Å². The molecule has 1 aliphatic carbocycles. The molecule has 0 saturated carbocycles. The molecule has 3 aromatic rings. The van der Waals surface area contributed by atoms with E-state index in [0.29, 0.717) is 29.7 Å². The monoisotopic (exact) mass is 453 g/mol. The highest BCUT2D eigenvalue weighted by Gasteiger charge is 2.28. The lowest BCUT2D eigenvalue weighted by Gasteiger charge is -2.29. The maximum absolute atomic E-state index is 12.9. The summed E-state index contributed by atoms with van der Waals surface area (Å²) in [4.78, 5) is 18.7. The Balaban J connectivity index is 1.29. The largest absolute Gasteiger partial charge is 0.298 e. The van der Waals surface area contributed by atoms with Gasteiger partial charge in [-0.25, -0.2) is 13.4 Å². The van der Waals surface area contributed by atoms with Gasteiger partial charge in [0, 0.05) is 35.5 Å². The molecule has 2 aliphatic rings. The number of carbonyl (C=O) groups is 1. The molecular weight excluding hydrogens is 430 g/mol. The summed E-state index contributed by atoms with van der Waals surface area (Å²) in [7, 11) is -3.52. The van der Waals surface area contributed by atoms with Crippen LogP contribution in [0.5, 0.6) is 0 Å². The Kier molecular flexibility index (Phi) is 5.16. The van der Waals surface area contributed by atoms with E-state index in [9.17, 15) is 13.2 Å². The average Bonchev–Trinajstić information content (AvgIpc) is 3.31. The molecule has 1 saturated heterocycles. The molecule has 0 unspecified atom stereocenters. The number of nitrogens with one attached hydrogen (secondary N) is 1. The van der Waals surface area contributed by atoms with Gasteiger partial charge in [-0.2, -0.15) is 4.31 Å². The fraction of sp³-hybridized carbons (Fsp3) is 0.304. The molecule has 6 nitrogen and oxygen atoms in total. The normalized spacial score (nSPS) is 16.7. The summed E-state index contributed by atoms with van der Waals surface area (Å²) in [5, 5.41) is 3.41. The van der Waals surface area contributed by atoms with Gasteiger partial charge in [0.2, 0.25) is 10.0 Å². The minimum atomic E-state index is -3.52. The molecule has 1 aliphatic heterocycles. The van der Waals surface area contributed by atoms with Crippen LogP contribution in [0.1, 0.15) is 40.6 Å². The number of aromatic nitrogens is 1. The van der Waals surface area contributed by atoms with Gasteiger partial charge in [0.1, 0.15) is 0 Å². The summed E-state index contributed by atoms with van der Waals surface area (Å²) in [6, 6.07) is 14.3. The molecule has 160 valence electrons. The number of piperidine rings is 1. The first-order valence-electron chi connectivity index (χ1n) is 10.4. The molecule has 1 N–H and O–H groups in total. The minimum Gasteiger partial charge on any atom is -0.298 e. The quantitative estimate of drug-likeness (QED) is 0.497. The van der Waals surface area contributed by atoms with Crippen LogP contribution in [0.15, 0.2) is 53.4 Å². The van der Waals surface area contributed by atoms with Gasteiger partial charge in [0.25, 0.3) is 5.91 Å². The molecule has 1 fully saturated rings. The third-order valence-corrected chi connectivity index (χ3v) is 8.92. The Labute approximate surface area is 186 Å². The summed E-state index contributed by atoms with van der Waals surface area (Å²) in [6.07, 6.45) is 2.59. The number of benzene rings is 2. The maximum Gasteiger partial charge on any atom is 0.257 e. The second-order valence-electron chi connectivity index (χ2n) is 8.19. The Morgan fingerprint density at radius 2 is 1.81 bits per heavy atom. The zero-order valence-electron chi connectivity index (χ0n) is 17.2. The molecule has 31 heavy (non-hydrogen) atoms. The van der Waals surface area contributed by atoms with Crippen molar-refractivity contribution in [2.24, 2.45) is 5.92 Å². The van der Waals surface area contributed by atoms with Crippen molar-refractivity contribution in [2.75, 3.05) is 18.4 Å². The minimum absolute atomic E-state index is 0.225. The number of nitrogens with zero attached hydrogens (tertiary/aromatic N) is 2. The smallest absolute Gasteiger partial charge is 0.257 e. The van der Waals surface area contributed by atoms with Crippen molar-refractivity contribution in [1.82, 2.24) is 9.29 Å². The number of hydrogen-bond donors (Lipinski definition) is 1. The van der Waals surface area contributed by atoms with E-state index in [4.69, 9.17) is 0 Å². The highest BCUT2D eigenvalue weighted by molar-refractivity contribution is 7.89. The average molecular weight is 454 g/mol. The maximum atomic E-state index is 12.9. The molecule has 0 radical (unpaired) electrons. The van der Waals surface area contributed by atoms with E-state index in [-0.39, 0.29) is 10.8 Å². The number of amides is 1. The zero-order valence-corrected chi connectivity index (χ0v) is 18.8. The lowest BCUT2D eigenvalue weighted by Crippen LogP contribution is -2.37. The van der Waals surface area contributed by atoms with Crippen LogP contribution >= 0.6 is 11.3 Å². The van der Waals surface area contributed by atoms with Crippen LogP contribution in [0.4, 0.5) is 5.13 Å². The van der Waals surface area contributed by atoms with E-state index in [2.05, 4.69) is 29.4 Å². The van der Waals surface area contributed by atoms with E-state index < -0.39 is 10.0 Å². The van der Waals surface area contributed by atoms with Gasteiger partial charge in [0.15, 0.2) is 5.13 Å². The SMILES string of the molecule is CC1CCN(S(=O)(=O)c2ccc(C(=O)Nc3nc4c(s3)Cc3ccccc3-4)cc2)CC1. The first-order chi connectivity index (χ1) is 14.9. The number of thiazole rings is 1. The second kappa shape index (κ2) is 7.85. The third kappa shape index (κ3) is 3.79. The lowest BCUT2D eigenvalue weighted by atomic mass is 10.0. The van der Waals surface area contributed by atoms with E-state index in [0.717, 1.165) is 35.4 Å². The number of hydrogen-bond acceptors (Lipinski definition) is 5. The van der Waals surface area contributed by atoms with Crippen molar-refractivity contribution in [3.05, 3.63) is 64.5 Å². The van der Waals surface area contributed by atoms with Crippen molar-refractivity contribution in [3.63, 3.8) is 0 Å². The molecule has 1 aromatic heterocycles. The van der Waals surface area contributed by atoms with Crippen LogP contribution in [-0.4, -0.2) is 36.7 Å². The fourth-order valence-corrected chi connectivity index (χ4v) is 6.60. The number of rotatable bonds is 4. The van der Waals surface area contributed by atoms with Crippen LogP contribution in [0.25, 0.3) is 11.3 Å². The van der Waals surface area contributed by atoms with E-state index in [1.807, 2.05) is 12.1 Å². The van der Waals surface area contributed by atoms with Crippen molar-refractivity contribution < 1.29 is 13.2 Å². The fourth-order valence-electron chi connectivity index (χ4n) is 4.14. The van der Waals surface area contributed by atoms with Gasteiger partial charge >= 0.3 is 0 Å². The molecule has 1 amide bonds. The van der Waals surface area contributed by atoms with Gasteiger partial charge in [-0.05, 0) is 48.6 Å². The number of carbonyl (C=O) groups excluding carboxylic acids is 1. The predicted octanol–water partition coefficient (Wildman–Crippen LogP) is 4.39. The van der Waals surface area contributed by atoms with Crippen molar-refractivity contribution >= 4 is 32.4 Å². The van der Waals surface area contributed by atoms with Crippen LogP contribution < -0.4 is 5.32 Å². The number of anilines is 1. The Morgan fingerprint density at radius 3 is 2.55 bits per heavy atom. The summed E-state index contributed by atoms with van der Waals surface area (Å²) in [6.45, 7) is 3.24. The first kappa shape index (κ1) is 20.4. The standard InChI is InChI=1S/C23H23N3O3S2/c1-15-10-12-26(13-11-15)31(28,29)18-8-6-16(7-9-18)22(27)25-23-24-21-19-5-3-2-4-17(19)14-20(21)30-23/h2-9,15H,10-14H2,1H3,(H,24,25,27). The highest BCUT2D eigenvalue weighted by atomic mass is 32.2. The van der Waals surface area contributed by atoms with Gasteiger partial charge in [-0.15, -0.1) is 11.3 Å². The molecule has 2 aromatic carbocycles. The summed E-state index contributed by atoms with van der Waals surface area (Å²) in [5.41, 5.74) is 3.72. The van der Waals surface area contributed by atoms with E-state index >= 15 is 0 Å². The topological polar surface area (TPSA) is 79.4 Å². The van der Waals surface area contributed by atoms with Crippen LogP contribution in [-0.2, 0) is 16.4 Å². The second-order valence-corrected chi connectivity index (χ2v) is 11.2. The molecular formula is C23H23N3O3S2. The van der Waals surface area contributed by atoms with Gasteiger partial charge in [0.05, 0.1) is 10.6 Å². The molecule has 0 bridgehead atoms. The third-order valence-electron chi connectivity index (χ3n) is 6.04.